The Labute approximate surface area is 165 Å². The minimum Gasteiger partial charge on any atom is -0.0729 e. The second kappa shape index (κ2) is 5.94. The van der Waals surface area contributed by atoms with Gasteiger partial charge in [-0.2, -0.15) is 0 Å². The SMILES string of the molecule is CC(C1=c2ccccc2=C2C=CC=CC21)C1c2ccccc2-c2ccccc21. The van der Waals surface area contributed by atoms with E-state index in [0.717, 1.165) is 0 Å². The Balaban J connectivity index is 1.60. The second-order valence-electron chi connectivity index (χ2n) is 8.12. The molecule has 28 heavy (non-hydrogen) atoms. The third-order valence-electron chi connectivity index (χ3n) is 6.78. The van der Waals surface area contributed by atoms with Gasteiger partial charge in [0.15, 0.2) is 0 Å². The molecule has 6 rings (SSSR count). The maximum absolute atomic E-state index is 2.44. The number of fused-ring (bicyclic) bond motifs is 5. The van der Waals surface area contributed by atoms with Crippen LogP contribution in [0.25, 0.3) is 22.3 Å². The first-order chi connectivity index (χ1) is 13.8. The van der Waals surface area contributed by atoms with E-state index in [4.69, 9.17) is 0 Å². The molecule has 0 fully saturated rings. The van der Waals surface area contributed by atoms with Crippen molar-refractivity contribution >= 4 is 11.1 Å². The molecule has 2 unspecified atom stereocenters. The van der Waals surface area contributed by atoms with Crippen molar-refractivity contribution in [3.05, 3.63) is 119 Å². The molecule has 0 saturated carbocycles. The van der Waals surface area contributed by atoms with E-state index >= 15 is 0 Å². The average molecular weight is 358 g/mol. The van der Waals surface area contributed by atoms with Gasteiger partial charge in [0.25, 0.3) is 0 Å². The molecule has 0 N–H and O–H groups in total. The van der Waals surface area contributed by atoms with Crippen LogP contribution in [0.4, 0.5) is 0 Å². The summed E-state index contributed by atoms with van der Waals surface area (Å²) in [5.41, 5.74) is 8.80. The molecule has 3 aliphatic rings. The summed E-state index contributed by atoms with van der Waals surface area (Å²) in [5.74, 6) is 1.25. The van der Waals surface area contributed by atoms with E-state index in [1.54, 1.807) is 5.57 Å². The zero-order valence-electron chi connectivity index (χ0n) is 16.0. The van der Waals surface area contributed by atoms with Gasteiger partial charge in [-0.1, -0.05) is 104 Å². The molecule has 3 aromatic rings. The lowest BCUT2D eigenvalue weighted by Gasteiger charge is -2.28. The highest BCUT2D eigenvalue weighted by Crippen LogP contribution is 2.51. The van der Waals surface area contributed by atoms with Crippen molar-refractivity contribution < 1.29 is 0 Å². The smallest absolute Gasteiger partial charge is 0.0249 e. The standard InChI is InChI=1S/C28H22/c1-18(27-23-14-6-2-10-19(23)20-11-3-7-15-24(20)27)28-25-16-8-4-12-21(25)22-13-5-9-17-26(22)28/h2-18,23,28H,1H3. The molecule has 0 spiro atoms. The van der Waals surface area contributed by atoms with Gasteiger partial charge in [0, 0.05) is 11.8 Å². The van der Waals surface area contributed by atoms with Crippen molar-refractivity contribution in [2.75, 3.05) is 0 Å². The van der Waals surface area contributed by atoms with Crippen molar-refractivity contribution in [1.82, 2.24) is 0 Å². The largest absolute Gasteiger partial charge is 0.0729 e. The number of benzene rings is 3. The maximum Gasteiger partial charge on any atom is 0.0249 e. The highest BCUT2D eigenvalue weighted by Gasteiger charge is 2.37. The number of rotatable bonds is 2. The van der Waals surface area contributed by atoms with Gasteiger partial charge < -0.3 is 0 Å². The Kier molecular flexibility index (Phi) is 3.37. The van der Waals surface area contributed by atoms with Crippen LogP contribution in [0.2, 0.25) is 0 Å². The van der Waals surface area contributed by atoms with E-state index in [2.05, 4.69) is 104 Å². The zero-order valence-corrected chi connectivity index (χ0v) is 16.0. The maximum atomic E-state index is 2.44. The van der Waals surface area contributed by atoms with Gasteiger partial charge in [-0.15, -0.1) is 0 Å². The van der Waals surface area contributed by atoms with E-state index in [9.17, 15) is 0 Å². The summed E-state index contributed by atoms with van der Waals surface area (Å²) in [6.07, 6.45) is 9.08. The Bertz CT molecular complexity index is 1240. The van der Waals surface area contributed by atoms with E-state index in [0.29, 0.717) is 17.8 Å². The summed E-state index contributed by atoms with van der Waals surface area (Å²) in [7, 11) is 0. The first-order valence-electron chi connectivity index (χ1n) is 10.2. The van der Waals surface area contributed by atoms with E-state index < -0.39 is 0 Å². The summed E-state index contributed by atoms with van der Waals surface area (Å²) in [6, 6.07) is 26.9. The van der Waals surface area contributed by atoms with Crippen molar-refractivity contribution in [3.8, 4) is 11.1 Å². The monoisotopic (exact) mass is 358 g/mol. The second-order valence-corrected chi connectivity index (χ2v) is 8.12. The predicted octanol–water partition coefficient (Wildman–Crippen LogP) is 5.19. The molecular weight excluding hydrogens is 336 g/mol. The lowest BCUT2D eigenvalue weighted by Crippen LogP contribution is -2.26. The number of allylic oxidation sites excluding steroid dienone is 4. The van der Waals surface area contributed by atoms with Crippen LogP contribution < -0.4 is 10.4 Å². The van der Waals surface area contributed by atoms with Gasteiger partial charge >= 0.3 is 0 Å². The first-order valence-corrected chi connectivity index (χ1v) is 10.2. The van der Waals surface area contributed by atoms with Gasteiger partial charge in [0.2, 0.25) is 0 Å². The predicted molar refractivity (Wildman–Crippen MR) is 117 cm³/mol. The van der Waals surface area contributed by atoms with E-state index in [-0.39, 0.29) is 0 Å². The normalized spacial score (nSPS) is 20.0. The van der Waals surface area contributed by atoms with Crippen LogP contribution in [0.3, 0.4) is 0 Å². The topological polar surface area (TPSA) is 0 Å². The number of hydrogen-bond acceptors (Lipinski definition) is 0. The van der Waals surface area contributed by atoms with Crippen LogP contribution in [0, 0.1) is 11.8 Å². The number of hydrogen-bond donors (Lipinski definition) is 0. The van der Waals surface area contributed by atoms with Crippen LogP contribution in [0.1, 0.15) is 24.0 Å². The van der Waals surface area contributed by atoms with Gasteiger partial charge in [0.05, 0.1) is 0 Å². The van der Waals surface area contributed by atoms with Crippen molar-refractivity contribution in [2.24, 2.45) is 11.8 Å². The molecule has 0 aromatic heterocycles. The molecule has 134 valence electrons. The van der Waals surface area contributed by atoms with Crippen LogP contribution >= 0.6 is 0 Å². The van der Waals surface area contributed by atoms with Crippen molar-refractivity contribution in [2.45, 2.75) is 12.8 Å². The molecule has 3 aromatic carbocycles. The third kappa shape index (κ3) is 2.06. The minimum absolute atomic E-state index is 0.400. The fourth-order valence-electron chi connectivity index (χ4n) is 5.67. The molecule has 0 bridgehead atoms. The summed E-state index contributed by atoms with van der Waals surface area (Å²) in [6.45, 7) is 2.44. The lowest BCUT2D eigenvalue weighted by atomic mass is 9.75. The van der Waals surface area contributed by atoms with Gasteiger partial charge in [-0.05, 0) is 49.8 Å². The third-order valence-corrected chi connectivity index (χ3v) is 6.78. The highest BCUT2D eigenvalue weighted by atomic mass is 14.4. The Morgan fingerprint density at radius 1 is 0.679 bits per heavy atom. The van der Waals surface area contributed by atoms with Crippen molar-refractivity contribution in [1.29, 1.82) is 0 Å². The van der Waals surface area contributed by atoms with Gasteiger partial charge in [-0.3, -0.25) is 0 Å². The van der Waals surface area contributed by atoms with Gasteiger partial charge in [-0.25, -0.2) is 0 Å². The minimum atomic E-state index is 0.400. The summed E-state index contributed by atoms with van der Waals surface area (Å²) < 4.78 is 0. The summed E-state index contributed by atoms with van der Waals surface area (Å²) in [5, 5.41) is 2.85. The Morgan fingerprint density at radius 3 is 2.00 bits per heavy atom. The quantitative estimate of drug-likeness (QED) is 0.591. The van der Waals surface area contributed by atoms with Crippen LogP contribution in [0.15, 0.2) is 97.1 Å². The van der Waals surface area contributed by atoms with Crippen LogP contribution in [0.5, 0.6) is 0 Å². The van der Waals surface area contributed by atoms with Gasteiger partial charge in [0.1, 0.15) is 0 Å². The highest BCUT2D eigenvalue weighted by molar-refractivity contribution is 5.84. The zero-order chi connectivity index (χ0) is 18.7. The summed E-state index contributed by atoms with van der Waals surface area (Å²) in [4.78, 5) is 0. The van der Waals surface area contributed by atoms with E-state index in [1.165, 1.54) is 38.3 Å². The average Bonchev–Trinajstić information content (AvgIpc) is 3.27. The molecule has 3 aliphatic carbocycles. The van der Waals surface area contributed by atoms with E-state index in [1.807, 2.05) is 0 Å². The molecular formula is C28H22. The molecule has 0 amide bonds. The molecule has 0 heterocycles. The fourth-order valence-corrected chi connectivity index (χ4v) is 5.67. The lowest BCUT2D eigenvalue weighted by molar-refractivity contribution is 0.629. The molecule has 0 radical (unpaired) electrons. The van der Waals surface area contributed by atoms with Crippen molar-refractivity contribution in [3.63, 3.8) is 0 Å². The molecule has 0 saturated heterocycles. The summed E-state index contributed by atoms with van der Waals surface area (Å²) >= 11 is 0. The van der Waals surface area contributed by atoms with Crippen LogP contribution in [-0.4, -0.2) is 0 Å². The Morgan fingerprint density at radius 2 is 1.29 bits per heavy atom. The molecule has 0 heteroatoms. The molecule has 0 nitrogen and oxygen atoms in total. The Hall–Kier alpha value is -3.12. The molecule has 0 aliphatic heterocycles. The fraction of sp³-hybridized carbons (Fsp3) is 0.143. The first kappa shape index (κ1) is 15.9. The van der Waals surface area contributed by atoms with Crippen LogP contribution in [-0.2, 0) is 0 Å². The molecule has 2 atom stereocenters.